The average molecular weight is 363 g/mol. The molecule has 0 N–H and O–H groups in total. The molecule has 0 saturated heterocycles. The lowest BCUT2D eigenvalue weighted by molar-refractivity contribution is 0.0715. The third-order valence-electron chi connectivity index (χ3n) is 4.75. The number of hydrogen-bond acceptors (Lipinski definition) is 3. The van der Waals surface area contributed by atoms with Crippen molar-refractivity contribution in [3.8, 4) is 0 Å². The fraction of sp³-hybridized carbons (Fsp3) is 0.136. The van der Waals surface area contributed by atoms with E-state index in [9.17, 15) is 0 Å². The number of aliphatic imine (C=N–C) groups is 1. The van der Waals surface area contributed by atoms with Crippen LogP contribution in [0, 0.1) is 0 Å². The first-order valence-corrected chi connectivity index (χ1v) is 8.86. The van der Waals surface area contributed by atoms with Crippen molar-refractivity contribution >= 4 is 34.4 Å². The molecule has 1 unspecified atom stereocenters. The molecule has 0 aromatic heterocycles. The van der Waals surface area contributed by atoms with Gasteiger partial charge in [-0.15, -0.1) is 0 Å². The first-order valence-electron chi connectivity index (χ1n) is 8.48. The molecular weight excluding hydrogens is 344 g/mol. The maximum absolute atomic E-state index is 6.11. The molecule has 4 rings (SSSR count). The van der Waals surface area contributed by atoms with Gasteiger partial charge in [0.2, 0.25) is 0 Å². The predicted molar refractivity (Wildman–Crippen MR) is 108 cm³/mol. The second-order valence-corrected chi connectivity index (χ2v) is 6.75. The van der Waals surface area contributed by atoms with Crippen LogP contribution < -0.4 is 4.90 Å². The molecule has 0 amide bonds. The zero-order chi connectivity index (χ0) is 18.1. The van der Waals surface area contributed by atoms with E-state index in [2.05, 4.69) is 23.1 Å². The Morgan fingerprint density at radius 3 is 2.23 bits per heavy atom. The van der Waals surface area contributed by atoms with Gasteiger partial charge in [0, 0.05) is 23.4 Å². The molecule has 3 nitrogen and oxygen atoms in total. The van der Waals surface area contributed by atoms with Gasteiger partial charge in [0.15, 0.2) is 5.72 Å². The van der Waals surface area contributed by atoms with Gasteiger partial charge in [-0.05, 0) is 43.3 Å². The van der Waals surface area contributed by atoms with E-state index in [-0.39, 0.29) is 0 Å². The van der Waals surface area contributed by atoms with Gasteiger partial charge in [0.05, 0.1) is 11.4 Å². The van der Waals surface area contributed by atoms with Gasteiger partial charge in [-0.2, -0.15) is 0 Å². The number of halogens is 1. The van der Waals surface area contributed by atoms with Crippen LogP contribution in [0.3, 0.4) is 0 Å². The topological polar surface area (TPSA) is 24.8 Å². The van der Waals surface area contributed by atoms with Crippen LogP contribution in [-0.4, -0.2) is 18.5 Å². The number of nitrogens with zero attached hydrogens (tertiary/aromatic N) is 2. The molecule has 0 spiro atoms. The Morgan fingerprint density at radius 2 is 1.54 bits per heavy atom. The third kappa shape index (κ3) is 2.70. The molecule has 0 fully saturated rings. The summed E-state index contributed by atoms with van der Waals surface area (Å²) in [6.07, 6.45) is 0. The summed E-state index contributed by atoms with van der Waals surface area (Å²) >= 11 is 6.11. The van der Waals surface area contributed by atoms with E-state index < -0.39 is 5.72 Å². The van der Waals surface area contributed by atoms with E-state index in [1.54, 1.807) is 7.11 Å². The zero-order valence-electron chi connectivity index (χ0n) is 14.7. The van der Waals surface area contributed by atoms with Crippen molar-refractivity contribution < 1.29 is 4.74 Å². The van der Waals surface area contributed by atoms with Crippen LogP contribution in [0.2, 0.25) is 5.02 Å². The van der Waals surface area contributed by atoms with Crippen LogP contribution in [-0.2, 0) is 4.74 Å². The van der Waals surface area contributed by atoms with E-state index in [1.807, 2.05) is 67.6 Å². The lowest BCUT2D eigenvalue weighted by atomic mass is 9.95. The summed E-state index contributed by atoms with van der Waals surface area (Å²) in [5.41, 5.74) is 4.05. The number of rotatable bonds is 3. The highest BCUT2D eigenvalue weighted by Gasteiger charge is 2.43. The molecule has 1 heterocycles. The van der Waals surface area contributed by atoms with Gasteiger partial charge in [-0.1, -0.05) is 54.1 Å². The van der Waals surface area contributed by atoms with Crippen LogP contribution in [0.15, 0.2) is 83.9 Å². The van der Waals surface area contributed by atoms with Gasteiger partial charge in [-0.3, -0.25) is 0 Å². The predicted octanol–water partition coefficient (Wildman–Crippen LogP) is 5.98. The van der Waals surface area contributed by atoms with Gasteiger partial charge in [0.1, 0.15) is 5.71 Å². The molecule has 0 aliphatic carbocycles. The number of benzene rings is 3. The van der Waals surface area contributed by atoms with Crippen molar-refractivity contribution in [1.82, 2.24) is 0 Å². The molecule has 1 aliphatic heterocycles. The van der Waals surface area contributed by atoms with E-state index in [0.717, 1.165) is 28.3 Å². The Labute approximate surface area is 158 Å². The van der Waals surface area contributed by atoms with Crippen LogP contribution >= 0.6 is 11.6 Å². The standard InChI is InChI=1S/C22H19ClN2O/c1-22(26-2)21(16-8-4-3-5-9-16)24-19-10-6-7-11-20(19)25(22)18-14-12-17(23)13-15-18/h3-15H,1-2H3. The molecule has 1 aliphatic rings. The molecule has 3 aromatic rings. The van der Waals surface area contributed by atoms with Crippen LogP contribution in [0.4, 0.5) is 17.1 Å². The zero-order valence-corrected chi connectivity index (χ0v) is 15.4. The summed E-state index contributed by atoms with van der Waals surface area (Å²) in [6.45, 7) is 2.05. The van der Waals surface area contributed by atoms with Crippen molar-refractivity contribution in [1.29, 1.82) is 0 Å². The molecule has 26 heavy (non-hydrogen) atoms. The maximum Gasteiger partial charge on any atom is 0.186 e. The second kappa shape index (κ2) is 6.60. The Bertz CT molecular complexity index is 953. The van der Waals surface area contributed by atoms with Crippen molar-refractivity contribution in [2.24, 2.45) is 4.99 Å². The smallest absolute Gasteiger partial charge is 0.186 e. The molecule has 1 atom stereocenters. The first kappa shape index (κ1) is 16.8. The third-order valence-corrected chi connectivity index (χ3v) is 5.00. The molecule has 0 radical (unpaired) electrons. The summed E-state index contributed by atoms with van der Waals surface area (Å²) in [6, 6.07) is 26.0. The van der Waals surface area contributed by atoms with Gasteiger partial charge >= 0.3 is 0 Å². The minimum Gasteiger partial charge on any atom is -0.353 e. The average Bonchev–Trinajstić information content (AvgIpc) is 2.69. The van der Waals surface area contributed by atoms with Crippen molar-refractivity contribution in [3.63, 3.8) is 0 Å². The SMILES string of the molecule is COC1(C)C(c2ccccc2)=Nc2ccccc2N1c1ccc(Cl)cc1. The number of hydrogen-bond donors (Lipinski definition) is 0. The Morgan fingerprint density at radius 1 is 0.885 bits per heavy atom. The molecule has 130 valence electrons. The Kier molecular flexibility index (Phi) is 4.27. The van der Waals surface area contributed by atoms with Crippen LogP contribution in [0.1, 0.15) is 12.5 Å². The summed E-state index contributed by atoms with van der Waals surface area (Å²) in [7, 11) is 1.72. The largest absolute Gasteiger partial charge is 0.353 e. The number of methoxy groups -OCH3 is 1. The number of fused-ring (bicyclic) bond motifs is 1. The van der Waals surface area contributed by atoms with E-state index >= 15 is 0 Å². The minimum atomic E-state index is -0.760. The first-order chi connectivity index (χ1) is 12.6. The number of ether oxygens (including phenoxy) is 1. The minimum absolute atomic E-state index is 0.704. The normalized spacial score (nSPS) is 19.0. The monoisotopic (exact) mass is 362 g/mol. The lowest BCUT2D eigenvalue weighted by Gasteiger charge is -2.45. The molecule has 0 bridgehead atoms. The fourth-order valence-electron chi connectivity index (χ4n) is 3.40. The lowest BCUT2D eigenvalue weighted by Crippen LogP contribution is -2.53. The molecule has 4 heteroatoms. The van der Waals surface area contributed by atoms with Crippen molar-refractivity contribution in [2.45, 2.75) is 12.6 Å². The Hall–Kier alpha value is -2.62. The molecular formula is C22H19ClN2O. The number of para-hydroxylation sites is 2. The second-order valence-electron chi connectivity index (χ2n) is 6.31. The van der Waals surface area contributed by atoms with Gasteiger partial charge < -0.3 is 9.64 Å². The summed E-state index contributed by atoms with van der Waals surface area (Å²) in [4.78, 5) is 7.13. The molecule has 3 aromatic carbocycles. The van der Waals surface area contributed by atoms with Crippen LogP contribution in [0.5, 0.6) is 0 Å². The summed E-state index contributed by atoms with van der Waals surface area (Å²) in [5, 5.41) is 0.704. The van der Waals surface area contributed by atoms with E-state index in [1.165, 1.54) is 0 Å². The summed E-state index contributed by atoms with van der Waals surface area (Å²) in [5.74, 6) is 0. The van der Waals surface area contributed by atoms with Crippen molar-refractivity contribution in [3.05, 3.63) is 89.4 Å². The van der Waals surface area contributed by atoms with Crippen LogP contribution in [0.25, 0.3) is 0 Å². The highest BCUT2D eigenvalue weighted by Crippen LogP contribution is 2.45. The van der Waals surface area contributed by atoms with Gasteiger partial charge in [-0.25, -0.2) is 4.99 Å². The Balaban J connectivity index is 1.98. The fourth-order valence-corrected chi connectivity index (χ4v) is 3.53. The quantitative estimate of drug-likeness (QED) is 0.573. The maximum atomic E-state index is 6.11. The van der Waals surface area contributed by atoms with Gasteiger partial charge in [0.25, 0.3) is 0 Å². The molecule has 0 saturated carbocycles. The van der Waals surface area contributed by atoms with E-state index in [4.69, 9.17) is 21.3 Å². The summed E-state index contributed by atoms with van der Waals surface area (Å²) < 4.78 is 6.06. The highest BCUT2D eigenvalue weighted by molar-refractivity contribution is 6.30. The van der Waals surface area contributed by atoms with E-state index in [0.29, 0.717) is 5.02 Å². The van der Waals surface area contributed by atoms with Crippen molar-refractivity contribution in [2.75, 3.05) is 12.0 Å². The highest BCUT2D eigenvalue weighted by atomic mass is 35.5. The number of anilines is 2.